The zero-order valence-electron chi connectivity index (χ0n) is 19.4. The van der Waals surface area contributed by atoms with Gasteiger partial charge in [-0.1, -0.05) is 39.0 Å². The Morgan fingerprint density at radius 2 is 1.77 bits per heavy atom. The standard InChI is InChI=1S/C23H34N6OSi/c1-23(2,3)31(5,6)30-10-9-18-11-17(7-8-19(18)12-24)20-13-25-22(26-14-20)28-21-15-27-29(4)16-21/h7-8,11,13-16H,9-10,12,24H2,1-6H3,(H,25,26,28). The summed E-state index contributed by atoms with van der Waals surface area (Å²) >= 11 is 0. The summed E-state index contributed by atoms with van der Waals surface area (Å²) in [5.41, 5.74) is 11.3. The fourth-order valence-electron chi connectivity index (χ4n) is 3.03. The predicted octanol–water partition coefficient (Wildman–Crippen LogP) is 4.64. The van der Waals surface area contributed by atoms with Crippen molar-refractivity contribution in [2.24, 2.45) is 12.8 Å². The average molecular weight is 439 g/mol. The lowest BCUT2D eigenvalue weighted by Gasteiger charge is -2.36. The Bertz CT molecular complexity index is 1010. The van der Waals surface area contributed by atoms with Crippen LogP contribution in [0.5, 0.6) is 0 Å². The molecule has 0 aliphatic carbocycles. The highest BCUT2D eigenvalue weighted by molar-refractivity contribution is 6.74. The zero-order chi connectivity index (χ0) is 22.6. The fourth-order valence-corrected chi connectivity index (χ4v) is 4.07. The molecule has 3 rings (SSSR count). The molecule has 0 unspecified atom stereocenters. The van der Waals surface area contributed by atoms with Crippen LogP contribution in [0.1, 0.15) is 31.9 Å². The van der Waals surface area contributed by atoms with E-state index < -0.39 is 8.32 Å². The molecule has 8 heteroatoms. The van der Waals surface area contributed by atoms with Crippen LogP contribution in [0.2, 0.25) is 18.1 Å². The van der Waals surface area contributed by atoms with E-state index in [4.69, 9.17) is 10.2 Å². The van der Waals surface area contributed by atoms with Gasteiger partial charge in [0, 0.05) is 44.4 Å². The first kappa shape index (κ1) is 23.1. The third kappa shape index (κ3) is 5.78. The maximum absolute atomic E-state index is 6.38. The molecule has 0 aliphatic heterocycles. The van der Waals surface area contributed by atoms with Gasteiger partial charge in [-0.2, -0.15) is 5.10 Å². The fraction of sp³-hybridized carbons (Fsp3) is 0.435. The summed E-state index contributed by atoms with van der Waals surface area (Å²) in [6, 6.07) is 6.36. The van der Waals surface area contributed by atoms with Crippen molar-refractivity contribution in [2.45, 2.75) is 51.9 Å². The first-order valence-corrected chi connectivity index (χ1v) is 13.5. The van der Waals surface area contributed by atoms with Crippen LogP contribution in [0.3, 0.4) is 0 Å². The predicted molar refractivity (Wildman–Crippen MR) is 129 cm³/mol. The van der Waals surface area contributed by atoms with Gasteiger partial charge in [0.05, 0.1) is 11.9 Å². The maximum atomic E-state index is 6.38. The second kappa shape index (κ2) is 9.29. The number of hydrogen-bond acceptors (Lipinski definition) is 6. The number of nitrogens with zero attached hydrogens (tertiary/aromatic N) is 4. The lowest BCUT2D eigenvalue weighted by atomic mass is 9.99. The molecule has 0 saturated carbocycles. The van der Waals surface area contributed by atoms with Gasteiger partial charge in [0.1, 0.15) is 0 Å². The van der Waals surface area contributed by atoms with E-state index in [9.17, 15) is 0 Å². The molecule has 0 spiro atoms. The lowest BCUT2D eigenvalue weighted by molar-refractivity contribution is 0.291. The van der Waals surface area contributed by atoms with Crippen molar-refractivity contribution in [1.82, 2.24) is 19.7 Å². The Labute approximate surface area is 186 Å². The van der Waals surface area contributed by atoms with Crippen LogP contribution >= 0.6 is 0 Å². The molecule has 0 atom stereocenters. The van der Waals surface area contributed by atoms with Gasteiger partial charge < -0.3 is 15.5 Å². The Kier molecular flexibility index (Phi) is 6.93. The van der Waals surface area contributed by atoms with Crippen molar-refractivity contribution in [2.75, 3.05) is 11.9 Å². The van der Waals surface area contributed by atoms with E-state index in [0.29, 0.717) is 19.1 Å². The molecule has 166 valence electrons. The topological polar surface area (TPSA) is 90.9 Å². The molecular weight excluding hydrogens is 404 g/mol. The van der Waals surface area contributed by atoms with Crippen LogP contribution in [0, 0.1) is 0 Å². The molecule has 2 heterocycles. The quantitative estimate of drug-likeness (QED) is 0.498. The van der Waals surface area contributed by atoms with Gasteiger partial charge >= 0.3 is 0 Å². The van der Waals surface area contributed by atoms with Crippen LogP contribution in [0.4, 0.5) is 11.6 Å². The number of aromatic nitrogens is 4. The van der Waals surface area contributed by atoms with Gasteiger partial charge in [-0.3, -0.25) is 4.68 Å². The van der Waals surface area contributed by atoms with E-state index in [-0.39, 0.29) is 5.04 Å². The van der Waals surface area contributed by atoms with Crippen LogP contribution in [-0.4, -0.2) is 34.7 Å². The summed E-state index contributed by atoms with van der Waals surface area (Å²) in [6.07, 6.45) is 8.12. The van der Waals surface area contributed by atoms with Gasteiger partial charge in [-0.25, -0.2) is 9.97 Å². The molecule has 0 radical (unpaired) electrons. The van der Waals surface area contributed by atoms with E-state index in [1.165, 1.54) is 5.56 Å². The van der Waals surface area contributed by atoms with Crippen molar-refractivity contribution in [3.8, 4) is 11.1 Å². The van der Waals surface area contributed by atoms with Crippen LogP contribution in [0.25, 0.3) is 11.1 Å². The number of rotatable bonds is 8. The molecular formula is C23H34N6OSi. The minimum absolute atomic E-state index is 0.203. The largest absolute Gasteiger partial charge is 0.416 e. The molecule has 0 saturated heterocycles. The summed E-state index contributed by atoms with van der Waals surface area (Å²) in [5, 5.41) is 7.49. The summed E-state index contributed by atoms with van der Waals surface area (Å²) in [5.74, 6) is 0.540. The highest BCUT2D eigenvalue weighted by Gasteiger charge is 2.36. The van der Waals surface area contributed by atoms with Gasteiger partial charge in [-0.05, 0) is 41.2 Å². The van der Waals surface area contributed by atoms with E-state index >= 15 is 0 Å². The Balaban J connectivity index is 1.72. The van der Waals surface area contributed by atoms with Crippen molar-refractivity contribution >= 4 is 20.0 Å². The molecule has 3 N–H and O–H groups in total. The van der Waals surface area contributed by atoms with Gasteiger partial charge in [0.2, 0.25) is 5.95 Å². The average Bonchev–Trinajstić information content (AvgIpc) is 3.12. The second-order valence-electron chi connectivity index (χ2n) is 9.37. The van der Waals surface area contributed by atoms with Gasteiger partial charge in [0.15, 0.2) is 8.32 Å². The minimum Gasteiger partial charge on any atom is -0.416 e. The molecule has 31 heavy (non-hydrogen) atoms. The van der Waals surface area contributed by atoms with Crippen LogP contribution < -0.4 is 11.1 Å². The summed E-state index contributed by atoms with van der Waals surface area (Å²) in [7, 11) is 0.105. The molecule has 0 fully saturated rings. The van der Waals surface area contributed by atoms with Crippen molar-refractivity contribution < 1.29 is 4.43 Å². The molecule has 0 amide bonds. The van der Waals surface area contributed by atoms with Gasteiger partial charge in [-0.15, -0.1) is 0 Å². The molecule has 0 bridgehead atoms. The molecule has 7 nitrogen and oxygen atoms in total. The molecule has 3 aromatic rings. The van der Waals surface area contributed by atoms with Crippen molar-refractivity contribution in [3.63, 3.8) is 0 Å². The number of benzene rings is 1. The number of nitrogens with two attached hydrogens (primary N) is 1. The van der Waals surface area contributed by atoms with E-state index in [0.717, 1.165) is 28.8 Å². The molecule has 0 aliphatic rings. The van der Waals surface area contributed by atoms with Crippen molar-refractivity contribution in [3.05, 3.63) is 54.1 Å². The molecule has 2 aromatic heterocycles. The Hall–Kier alpha value is -2.55. The SMILES string of the molecule is Cn1cc(Nc2ncc(-c3ccc(CN)c(CCO[Si](C)(C)C(C)(C)C)c3)cn2)cn1. The summed E-state index contributed by atoms with van der Waals surface area (Å²) in [4.78, 5) is 8.90. The third-order valence-corrected chi connectivity index (χ3v) is 10.6. The van der Waals surface area contributed by atoms with E-state index in [1.807, 2.05) is 25.6 Å². The summed E-state index contributed by atoms with van der Waals surface area (Å²) in [6.45, 7) is 12.6. The Morgan fingerprint density at radius 1 is 1.06 bits per heavy atom. The highest BCUT2D eigenvalue weighted by atomic mass is 28.4. The highest BCUT2D eigenvalue weighted by Crippen LogP contribution is 2.36. The van der Waals surface area contributed by atoms with E-state index in [1.54, 1.807) is 10.9 Å². The zero-order valence-corrected chi connectivity index (χ0v) is 20.4. The lowest BCUT2D eigenvalue weighted by Crippen LogP contribution is -2.41. The van der Waals surface area contributed by atoms with Crippen molar-refractivity contribution in [1.29, 1.82) is 0 Å². The van der Waals surface area contributed by atoms with Crippen LogP contribution in [-0.2, 0) is 24.4 Å². The maximum Gasteiger partial charge on any atom is 0.227 e. The first-order valence-electron chi connectivity index (χ1n) is 10.6. The van der Waals surface area contributed by atoms with Crippen LogP contribution in [0.15, 0.2) is 43.0 Å². The first-order chi connectivity index (χ1) is 14.6. The second-order valence-corrected chi connectivity index (χ2v) is 14.2. The smallest absolute Gasteiger partial charge is 0.227 e. The number of aryl methyl sites for hydroxylation is 1. The molecule has 1 aromatic carbocycles. The minimum atomic E-state index is -1.77. The third-order valence-electron chi connectivity index (χ3n) is 6.01. The monoisotopic (exact) mass is 438 g/mol. The Morgan fingerprint density at radius 3 is 2.35 bits per heavy atom. The van der Waals surface area contributed by atoms with Gasteiger partial charge in [0.25, 0.3) is 0 Å². The number of anilines is 2. The number of nitrogens with one attached hydrogen (secondary N) is 1. The summed E-state index contributed by atoms with van der Waals surface area (Å²) < 4.78 is 8.10. The number of hydrogen-bond donors (Lipinski definition) is 2. The van der Waals surface area contributed by atoms with E-state index in [2.05, 4.69) is 72.4 Å². The normalized spacial score (nSPS) is 12.2.